The zero-order valence-electron chi connectivity index (χ0n) is 9.11. The summed E-state index contributed by atoms with van der Waals surface area (Å²) >= 11 is 0. The Morgan fingerprint density at radius 2 is 1.94 bits per heavy atom. The molecular weight excluding hydrogens is 204 g/mol. The van der Waals surface area contributed by atoms with E-state index in [2.05, 4.69) is 10.3 Å². The average Bonchev–Trinajstić information content (AvgIpc) is 2.57. The molecule has 0 unspecified atom stereocenters. The van der Waals surface area contributed by atoms with E-state index in [1.165, 1.54) is 0 Å². The first kappa shape index (κ1) is 10.4. The van der Waals surface area contributed by atoms with Gasteiger partial charge in [-0.1, -0.05) is 24.3 Å². The van der Waals surface area contributed by atoms with E-state index in [0.29, 0.717) is 17.0 Å². The number of fused-ring (bicyclic) bond motifs is 1. The van der Waals surface area contributed by atoms with Gasteiger partial charge in [-0.25, -0.2) is 0 Å². The number of rotatable bonds is 1. The first-order chi connectivity index (χ1) is 7.70. The van der Waals surface area contributed by atoms with E-state index < -0.39 is 0 Å². The maximum absolute atomic E-state index is 12.0. The number of nitrogens with one attached hydrogen (secondary N) is 1. The second kappa shape index (κ2) is 3.81. The van der Waals surface area contributed by atoms with Crippen molar-refractivity contribution < 1.29 is 9.90 Å². The van der Waals surface area contributed by atoms with Crippen molar-refractivity contribution in [2.75, 3.05) is 14.1 Å². The van der Waals surface area contributed by atoms with Gasteiger partial charge in [0, 0.05) is 25.2 Å². The lowest BCUT2D eigenvalue weighted by Gasteiger charge is -2.04. The predicted octanol–water partition coefficient (Wildman–Crippen LogP) is 1.40. The molecule has 0 radical (unpaired) electrons. The summed E-state index contributed by atoms with van der Waals surface area (Å²) in [7, 11) is 3.24. The highest BCUT2D eigenvalue weighted by atomic mass is 16.3. The van der Waals surface area contributed by atoms with Crippen LogP contribution in [0.25, 0.3) is 5.76 Å². The Hall–Kier alpha value is -2.10. The molecule has 0 aliphatic heterocycles. The lowest BCUT2D eigenvalue weighted by molar-refractivity contribution is 0.104. The monoisotopic (exact) mass is 216 g/mol. The zero-order valence-corrected chi connectivity index (χ0v) is 9.11. The second-order valence-corrected chi connectivity index (χ2v) is 3.42. The molecule has 1 aliphatic carbocycles. The summed E-state index contributed by atoms with van der Waals surface area (Å²) in [5, 5.41) is 12.8. The fourth-order valence-electron chi connectivity index (χ4n) is 1.83. The van der Waals surface area contributed by atoms with Crippen LogP contribution in [0.15, 0.2) is 34.8 Å². The Morgan fingerprint density at radius 1 is 1.31 bits per heavy atom. The maximum atomic E-state index is 12.0. The first-order valence-corrected chi connectivity index (χ1v) is 4.93. The highest BCUT2D eigenvalue weighted by Gasteiger charge is 2.31. The van der Waals surface area contributed by atoms with Crippen LogP contribution in [0.4, 0.5) is 0 Å². The number of hydrogen-bond donors (Lipinski definition) is 2. The summed E-state index contributed by atoms with van der Waals surface area (Å²) < 4.78 is 0. The molecule has 1 aromatic rings. The van der Waals surface area contributed by atoms with E-state index >= 15 is 0 Å². The summed E-state index contributed by atoms with van der Waals surface area (Å²) in [6.45, 7) is 0. The number of carbonyl (C=O) groups is 1. The molecule has 16 heavy (non-hydrogen) atoms. The molecule has 1 aromatic carbocycles. The minimum Gasteiger partial charge on any atom is -0.506 e. The molecule has 0 saturated carbocycles. The normalized spacial score (nSPS) is 15.4. The van der Waals surface area contributed by atoms with Crippen molar-refractivity contribution in [3.8, 4) is 0 Å². The minimum atomic E-state index is -0.192. The third-order valence-corrected chi connectivity index (χ3v) is 2.59. The Kier molecular flexibility index (Phi) is 2.48. The molecule has 0 heterocycles. The van der Waals surface area contributed by atoms with Crippen LogP contribution in [0.2, 0.25) is 0 Å². The van der Waals surface area contributed by atoms with Crippen molar-refractivity contribution in [2.24, 2.45) is 4.99 Å². The van der Waals surface area contributed by atoms with E-state index in [4.69, 9.17) is 0 Å². The Morgan fingerprint density at radius 3 is 2.44 bits per heavy atom. The molecule has 0 fully saturated rings. The van der Waals surface area contributed by atoms with Crippen LogP contribution in [0.5, 0.6) is 0 Å². The molecule has 4 heteroatoms. The number of benzene rings is 1. The van der Waals surface area contributed by atoms with Crippen LogP contribution in [0, 0.1) is 0 Å². The van der Waals surface area contributed by atoms with Crippen LogP contribution in [0.1, 0.15) is 15.9 Å². The van der Waals surface area contributed by atoms with Gasteiger partial charge in [-0.05, 0) is 0 Å². The molecule has 0 aromatic heterocycles. The predicted molar refractivity (Wildman–Crippen MR) is 62.7 cm³/mol. The minimum absolute atomic E-state index is 0.00412. The van der Waals surface area contributed by atoms with Gasteiger partial charge in [-0.3, -0.25) is 9.79 Å². The Labute approximate surface area is 93.3 Å². The van der Waals surface area contributed by atoms with Gasteiger partial charge < -0.3 is 10.4 Å². The number of amidine groups is 1. The van der Waals surface area contributed by atoms with E-state index in [9.17, 15) is 9.90 Å². The van der Waals surface area contributed by atoms with Gasteiger partial charge in [0.25, 0.3) is 0 Å². The van der Waals surface area contributed by atoms with Crippen molar-refractivity contribution in [3.63, 3.8) is 0 Å². The van der Waals surface area contributed by atoms with Gasteiger partial charge >= 0.3 is 0 Å². The fraction of sp³-hybridized carbons (Fsp3) is 0.167. The summed E-state index contributed by atoms with van der Waals surface area (Å²) in [5.74, 6) is 0.206. The van der Waals surface area contributed by atoms with E-state index in [-0.39, 0.29) is 17.1 Å². The van der Waals surface area contributed by atoms with Crippen LogP contribution >= 0.6 is 0 Å². The van der Waals surface area contributed by atoms with Crippen LogP contribution in [-0.4, -0.2) is 30.8 Å². The number of aliphatic hydroxyl groups excluding tert-OH is 1. The van der Waals surface area contributed by atoms with Crippen LogP contribution in [-0.2, 0) is 0 Å². The number of aliphatic hydroxyl groups is 1. The smallest absolute Gasteiger partial charge is 0.201 e. The molecular formula is C12H12N2O2. The molecule has 0 atom stereocenters. The number of ketones is 1. The lowest BCUT2D eigenvalue weighted by Crippen LogP contribution is -2.24. The molecule has 0 bridgehead atoms. The summed E-state index contributed by atoms with van der Waals surface area (Å²) in [6, 6.07) is 6.98. The number of likely N-dealkylation sites (N-methyl/N-ethyl adjacent to an activating group) is 1. The van der Waals surface area contributed by atoms with Gasteiger partial charge in [0.15, 0.2) is 0 Å². The highest BCUT2D eigenvalue weighted by molar-refractivity contribution is 6.35. The highest BCUT2D eigenvalue weighted by Crippen LogP contribution is 2.30. The fourth-order valence-corrected chi connectivity index (χ4v) is 1.83. The van der Waals surface area contributed by atoms with Gasteiger partial charge in [-0.15, -0.1) is 0 Å². The average molecular weight is 216 g/mol. The summed E-state index contributed by atoms with van der Waals surface area (Å²) in [4.78, 5) is 16.0. The third-order valence-electron chi connectivity index (χ3n) is 2.59. The van der Waals surface area contributed by atoms with Gasteiger partial charge in [0.1, 0.15) is 17.2 Å². The lowest BCUT2D eigenvalue weighted by atomic mass is 10.1. The first-order valence-electron chi connectivity index (χ1n) is 4.93. The van der Waals surface area contributed by atoms with Gasteiger partial charge in [0.05, 0.1) is 0 Å². The van der Waals surface area contributed by atoms with E-state index in [1.807, 2.05) is 0 Å². The number of nitrogens with zero attached hydrogens (tertiary/aromatic N) is 1. The van der Waals surface area contributed by atoms with E-state index in [0.717, 1.165) is 0 Å². The Balaban J connectivity index is 2.61. The number of Topliss-reactive ketones (excluding diaryl/α,β-unsaturated/α-hetero) is 1. The van der Waals surface area contributed by atoms with Crippen molar-refractivity contribution in [3.05, 3.63) is 41.0 Å². The molecule has 2 rings (SSSR count). The maximum Gasteiger partial charge on any atom is 0.201 e. The largest absolute Gasteiger partial charge is 0.506 e. The molecule has 82 valence electrons. The molecule has 0 amide bonds. The number of hydrogen-bond acceptors (Lipinski definition) is 3. The third kappa shape index (κ3) is 1.31. The summed E-state index contributed by atoms with van der Waals surface area (Å²) in [5.41, 5.74) is 1.33. The summed E-state index contributed by atoms with van der Waals surface area (Å²) in [6.07, 6.45) is 0. The standard InChI is InChI=1S/C12H12N2O2/c1-13-12(14-2)9-10(15)7-5-3-4-6-8(7)11(9)16/h3-6,15H,1-2H3,(H,13,14). The molecule has 4 nitrogen and oxygen atoms in total. The number of aliphatic imine (C=N–C) groups is 1. The Bertz CT molecular complexity index is 516. The van der Waals surface area contributed by atoms with Crippen molar-refractivity contribution in [2.45, 2.75) is 0 Å². The van der Waals surface area contributed by atoms with Crippen LogP contribution in [0.3, 0.4) is 0 Å². The van der Waals surface area contributed by atoms with Crippen LogP contribution < -0.4 is 5.32 Å². The molecule has 0 saturated heterocycles. The van der Waals surface area contributed by atoms with Crippen molar-refractivity contribution >= 4 is 17.4 Å². The van der Waals surface area contributed by atoms with E-state index in [1.54, 1.807) is 38.4 Å². The quantitative estimate of drug-likeness (QED) is 0.551. The zero-order chi connectivity index (χ0) is 11.7. The van der Waals surface area contributed by atoms with Crippen molar-refractivity contribution in [1.82, 2.24) is 5.32 Å². The molecule has 2 N–H and O–H groups in total. The number of carbonyl (C=O) groups excluding carboxylic acids is 1. The molecule has 1 aliphatic rings. The SMILES string of the molecule is CN=C(NC)C1=C(O)c2ccccc2C1=O. The topological polar surface area (TPSA) is 61.7 Å². The van der Waals surface area contributed by atoms with Gasteiger partial charge in [0.2, 0.25) is 5.78 Å². The molecule has 0 spiro atoms. The van der Waals surface area contributed by atoms with Gasteiger partial charge in [-0.2, -0.15) is 0 Å². The second-order valence-electron chi connectivity index (χ2n) is 3.42. The van der Waals surface area contributed by atoms with Crippen molar-refractivity contribution in [1.29, 1.82) is 0 Å².